The first-order valence-corrected chi connectivity index (χ1v) is 8.64. The molecule has 1 aliphatic rings. The van der Waals surface area contributed by atoms with Gasteiger partial charge in [-0.25, -0.2) is 0 Å². The minimum atomic E-state index is -0.0897. The Morgan fingerprint density at radius 3 is 2.76 bits per heavy atom. The number of hydrogen-bond donors (Lipinski definition) is 1. The first-order valence-electron chi connectivity index (χ1n) is 7.48. The Hall–Kier alpha value is -0.940. The predicted molar refractivity (Wildman–Crippen MR) is 85.1 cm³/mol. The molecule has 1 heterocycles. The molecule has 1 fully saturated rings. The highest BCUT2D eigenvalue weighted by atomic mass is 32.2. The fourth-order valence-electron chi connectivity index (χ4n) is 2.20. The van der Waals surface area contributed by atoms with E-state index in [4.69, 9.17) is 9.15 Å². The van der Waals surface area contributed by atoms with E-state index in [-0.39, 0.29) is 11.4 Å². The average molecular weight is 311 g/mol. The van der Waals surface area contributed by atoms with Crippen LogP contribution in [0, 0.1) is 5.41 Å². The molecule has 0 bridgehead atoms. The molecule has 0 radical (unpaired) electrons. The molecule has 0 saturated heterocycles. The van der Waals surface area contributed by atoms with Crippen LogP contribution in [0.5, 0.6) is 0 Å². The predicted octanol–water partition coefficient (Wildman–Crippen LogP) is 3.35. The number of carbonyl (C=O) groups is 1. The van der Waals surface area contributed by atoms with E-state index >= 15 is 0 Å². The normalized spacial score (nSPS) is 16.2. The van der Waals surface area contributed by atoms with Gasteiger partial charge in [-0.1, -0.05) is 13.8 Å². The van der Waals surface area contributed by atoms with Crippen molar-refractivity contribution in [1.82, 2.24) is 5.32 Å². The molecule has 0 aromatic carbocycles. The van der Waals surface area contributed by atoms with Crippen molar-refractivity contribution < 1.29 is 13.9 Å². The monoisotopic (exact) mass is 311 g/mol. The van der Waals surface area contributed by atoms with Crippen molar-refractivity contribution in [1.29, 1.82) is 0 Å². The Bertz CT molecular complexity index is 466. The number of esters is 1. The third kappa shape index (κ3) is 5.40. The Balaban J connectivity index is 1.70. The summed E-state index contributed by atoms with van der Waals surface area (Å²) < 4.78 is 10.6. The molecular weight excluding hydrogens is 286 g/mol. The molecule has 118 valence electrons. The van der Waals surface area contributed by atoms with Gasteiger partial charge in [-0.15, -0.1) is 0 Å². The van der Waals surface area contributed by atoms with Crippen molar-refractivity contribution >= 4 is 17.7 Å². The van der Waals surface area contributed by atoms with E-state index in [9.17, 15) is 4.79 Å². The average Bonchev–Trinajstić information content (AvgIpc) is 3.04. The summed E-state index contributed by atoms with van der Waals surface area (Å²) in [5.74, 6) is 3.77. The van der Waals surface area contributed by atoms with Gasteiger partial charge < -0.3 is 14.5 Å². The highest BCUT2D eigenvalue weighted by Crippen LogP contribution is 2.51. The van der Waals surface area contributed by atoms with Gasteiger partial charge in [0.2, 0.25) is 0 Å². The minimum absolute atomic E-state index is 0.0897. The number of rotatable bonds is 9. The molecule has 0 aliphatic heterocycles. The topological polar surface area (TPSA) is 51.5 Å². The largest absolute Gasteiger partial charge is 0.469 e. The van der Waals surface area contributed by atoms with Crippen LogP contribution < -0.4 is 5.32 Å². The lowest BCUT2D eigenvalue weighted by molar-refractivity contribution is -0.141. The van der Waals surface area contributed by atoms with E-state index in [1.807, 2.05) is 23.9 Å². The van der Waals surface area contributed by atoms with Crippen molar-refractivity contribution in [2.24, 2.45) is 5.41 Å². The molecule has 0 spiro atoms. The number of ether oxygens (including phenoxy) is 1. The van der Waals surface area contributed by atoms with Crippen LogP contribution in [0.25, 0.3) is 0 Å². The molecule has 0 unspecified atom stereocenters. The fourth-order valence-corrected chi connectivity index (χ4v) is 3.48. The summed E-state index contributed by atoms with van der Waals surface area (Å²) in [6.07, 6.45) is 2.83. The number of carbonyl (C=O) groups excluding carboxylic acids is 1. The molecule has 1 N–H and O–H groups in total. The van der Waals surface area contributed by atoms with E-state index in [1.54, 1.807) is 0 Å². The zero-order chi connectivity index (χ0) is 15.3. The summed E-state index contributed by atoms with van der Waals surface area (Å²) in [7, 11) is 1.46. The summed E-state index contributed by atoms with van der Waals surface area (Å²) in [6, 6.07) is 4.54. The second-order valence-electron chi connectivity index (χ2n) is 6.15. The molecule has 1 aliphatic carbocycles. The van der Waals surface area contributed by atoms with Crippen LogP contribution in [0.2, 0.25) is 0 Å². The molecule has 4 nitrogen and oxygen atoms in total. The van der Waals surface area contributed by atoms with Crippen LogP contribution in [0.1, 0.15) is 44.6 Å². The Morgan fingerprint density at radius 1 is 1.43 bits per heavy atom. The number of furan rings is 1. The van der Waals surface area contributed by atoms with Gasteiger partial charge in [0.1, 0.15) is 11.5 Å². The summed E-state index contributed by atoms with van der Waals surface area (Å²) >= 11 is 1.84. The van der Waals surface area contributed by atoms with Crippen molar-refractivity contribution in [3.05, 3.63) is 23.7 Å². The molecular formula is C16H25NO3S. The number of thioether (sulfide) groups is 1. The number of nitrogens with one attached hydrogen (secondary N) is 1. The fraction of sp³-hybridized carbons (Fsp3) is 0.688. The summed E-state index contributed by atoms with van der Waals surface area (Å²) in [5.41, 5.74) is 0.187. The van der Waals surface area contributed by atoms with E-state index < -0.39 is 0 Å². The van der Waals surface area contributed by atoms with Gasteiger partial charge in [0.05, 0.1) is 25.8 Å². The zero-order valence-corrected chi connectivity index (χ0v) is 13.9. The highest BCUT2D eigenvalue weighted by Gasteiger charge is 2.44. The molecule has 1 aromatic rings. The molecule has 2 rings (SSSR count). The lowest BCUT2D eigenvalue weighted by atomic mass is 10.1. The van der Waals surface area contributed by atoms with Gasteiger partial charge in [-0.05, 0) is 36.1 Å². The summed E-state index contributed by atoms with van der Waals surface area (Å²) in [5, 5.41) is 3.34. The first kappa shape index (κ1) is 16.4. The molecule has 5 heteroatoms. The Labute approximate surface area is 131 Å². The van der Waals surface area contributed by atoms with E-state index in [0.29, 0.717) is 12.5 Å². The first-order chi connectivity index (χ1) is 10.0. The van der Waals surface area contributed by atoms with Crippen LogP contribution >= 0.6 is 11.8 Å². The number of hydrogen-bond acceptors (Lipinski definition) is 5. The smallest absolute Gasteiger partial charge is 0.306 e. The highest BCUT2D eigenvalue weighted by molar-refractivity contribution is 7.98. The van der Waals surface area contributed by atoms with Gasteiger partial charge >= 0.3 is 5.97 Å². The Morgan fingerprint density at radius 2 is 2.14 bits per heavy atom. The van der Waals surface area contributed by atoms with Crippen LogP contribution in [0.15, 0.2) is 16.5 Å². The molecule has 0 amide bonds. The summed E-state index contributed by atoms with van der Waals surface area (Å²) in [4.78, 5) is 11.4. The second kappa shape index (κ2) is 7.36. The quantitative estimate of drug-likeness (QED) is 0.709. The van der Waals surface area contributed by atoms with Crippen LogP contribution in [-0.2, 0) is 21.8 Å². The SMILES string of the molecule is COC(=O)CC1(CSCc2ccc(CNC(C)C)o2)CC1. The van der Waals surface area contributed by atoms with Crippen LogP contribution in [0.4, 0.5) is 0 Å². The standard InChI is InChI=1S/C16H25NO3S/c1-12(2)17-9-13-4-5-14(20-13)10-21-11-16(6-7-16)8-15(18)19-3/h4-5,12,17H,6-11H2,1-3H3. The van der Waals surface area contributed by atoms with Crippen LogP contribution in [-0.4, -0.2) is 24.9 Å². The number of methoxy groups -OCH3 is 1. The third-order valence-electron chi connectivity index (χ3n) is 3.76. The van der Waals surface area contributed by atoms with E-state index in [0.717, 1.165) is 42.4 Å². The van der Waals surface area contributed by atoms with Gasteiger partial charge in [0.15, 0.2) is 0 Å². The van der Waals surface area contributed by atoms with Gasteiger partial charge in [-0.2, -0.15) is 11.8 Å². The maximum Gasteiger partial charge on any atom is 0.306 e. The summed E-state index contributed by atoms with van der Waals surface area (Å²) in [6.45, 7) is 5.01. The van der Waals surface area contributed by atoms with Crippen molar-refractivity contribution in [3.63, 3.8) is 0 Å². The van der Waals surface area contributed by atoms with E-state index in [1.165, 1.54) is 7.11 Å². The van der Waals surface area contributed by atoms with Gasteiger partial charge in [0, 0.05) is 6.04 Å². The van der Waals surface area contributed by atoms with Crippen molar-refractivity contribution in [2.45, 2.75) is 51.4 Å². The molecule has 1 aromatic heterocycles. The Kier molecular flexibility index (Phi) is 5.76. The van der Waals surface area contributed by atoms with E-state index in [2.05, 4.69) is 19.2 Å². The molecule has 1 saturated carbocycles. The van der Waals surface area contributed by atoms with Crippen LogP contribution in [0.3, 0.4) is 0 Å². The van der Waals surface area contributed by atoms with Crippen molar-refractivity contribution in [2.75, 3.05) is 12.9 Å². The second-order valence-corrected chi connectivity index (χ2v) is 7.13. The lowest BCUT2D eigenvalue weighted by Gasteiger charge is -2.12. The van der Waals surface area contributed by atoms with Crippen molar-refractivity contribution in [3.8, 4) is 0 Å². The molecule has 21 heavy (non-hydrogen) atoms. The minimum Gasteiger partial charge on any atom is -0.469 e. The maximum absolute atomic E-state index is 11.4. The lowest BCUT2D eigenvalue weighted by Crippen LogP contribution is -2.21. The maximum atomic E-state index is 11.4. The van der Waals surface area contributed by atoms with Gasteiger partial charge in [-0.3, -0.25) is 4.79 Å². The zero-order valence-electron chi connectivity index (χ0n) is 13.1. The molecule has 0 atom stereocenters. The van der Waals surface area contributed by atoms with Gasteiger partial charge in [0.25, 0.3) is 0 Å². The third-order valence-corrected chi connectivity index (χ3v) is 5.06.